The molecule has 1 saturated heterocycles. The van der Waals surface area contributed by atoms with Crippen molar-refractivity contribution in [1.29, 1.82) is 0 Å². The van der Waals surface area contributed by atoms with Crippen LogP contribution in [0.4, 0.5) is 5.69 Å². The van der Waals surface area contributed by atoms with Gasteiger partial charge in [0.05, 0.1) is 6.61 Å². The number of amides is 1. The number of esters is 1. The molecule has 6 nitrogen and oxygen atoms in total. The SMILES string of the molecule is CCOC(=O)[C@@H]1OCO[C@H]1C(=O)N(CC)c1ccccc1CC. The highest BCUT2D eigenvalue weighted by Crippen LogP contribution is 2.25. The molecule has 126 valence electrons. The summed E-state index contributed by atoms with van der Waals surface area (Å²) < 4.78 is 15.6. The standard InChI is InChI=1S/C17H23NO5/c1-4-12-9-7-8-10-13(12)18(5-2)16(19)14-15(23-11-22-14)17(20)21-6-3/h7-10,14-15H,4-6,11H2,1-3H3/t14-,15-/m1/s1. The van der Waals surface area contributed by atoms with Gasteiger partial charge < -0.3 is 19.1 Å². The third kappa shape index (κ3) is 3.71. The minimum atomic E-state index is -1.01. The Morgan fingerprint density at radius 3 is 2.52 bits per heavy atom. The first-order chi connectivity index (χ1) is 11.1. The van der Waals surface area contributed by atoms with Gasteiger partial charge in [-0.3, -0.25) is 4.79 Å². The monoisotopic (exact) mass is 321 g/mol. The van der Waals surface area contributed by atoms with Crippen LogP contribution in [0.25, 0.3) is 0 Å². The lowest BCUT2D eigenvalue weighted by Crippen LogP contribution is -2.47. The van der Waals surface area contributed by atoms with Crippen LogP contribution in [0.15, 0.2) is 24.3 Å². The fourth-order valence-corrected chi connectivity index (χ4v) is 2.65. The largest absolute Gasteiger partial charge is 0.464 e. The van der Waals surface area contributed by atoms with Crippen molar-refractivity contribution in [1.82, 2.24) is 0 Å². The number of hydrogen-bond donors (Lipinski definition) is 0. The maximum atomic E-state index is 12.9. The van der Waals surface area contributed by atoms with Gasteiger partial charge in [0.2, 0.25) is 0 Å². The van der Waals surface area contributed by atoms with Gasteiger partial charge in [-0.1, -0.05) is 25.1 Å². The highest BCUT2D eigenvalue weighted by Gasteiger charge is 2.43. The van der Waals surface area contributed by atoms with Crippen LogP contribution >= 0.6 is 0 Å². The van der Waals surface area contributed by atoms with Crippen LogP contribution in [0.1, 0.15) is 26.3 Å². The normalized spacial score (nSPS) is 20.3. The summed E-state index contributed by atoms with van der Waals surface area (Å²) >= 11 is 0. The highest BCUT2D eigenvalue weighted by molar-refractivity contribution is 6.00. The molecule has 0 bridgehead atoms. The Labute approximate surface area is 136 Å². The van der Waals surface area contributed by atoms with Gasteiger partial charge in [-0.25, -0.2) is 4.79 Å². The van der Waals surface area contributed by atoms with Crippen LogP contribution in [0.3, 0.4) is 0 Å². The number of carbonyl (C=O) groups excluding carboxylic acids is 2. The molecule has 1 aromatic carbocycles. The number of benzene rings is 1. The molecule has 1 aliphatic heterocycles. The average Bonchev–Trinajstić information content (AvgIpc) is 3.06. The van der Waals surface area contributed by atoms with E-state index in [2.05, 4.69) is 0 Å². The summed E-state index contributed by atoms with van der Waals surface area (Å²) in [5.41, 5.74) is 1.90. The van der Waals surface area contributed by atoms with Crippen LogP contribution in [0.5, 0.6) is 0 Å². The number of nitrogens with zero attached hydrogens (tertiary/aromatic N) is 1. The van der Waals surface area contributed by atoms with Crippen LogP contribution < -0.4 is 4.90 Å². The molecule has 2 rings (SSSR count). The minimum Gasteiger partial charge on any atom is -0.464 e. The number of likely N-dealkylation sites (N-methyl/N-ethyl adjacent to an activating group) is 1. The third-order valence-electron chi connectivity index (χ3n) is 3.78. The highest BCUT2D eigenvalue weighted by atomic mass is 16.7. The second-order valence-corrected chi connectivity index (χ2v) is 5.11. The van der Waals surface area contributed by atoms with E-state index in [4.69, 9.17) is 14.2 Å². The smallest absolute Gasteiger partial charge is 0.338 e. The summed E-state index contributed by atoms with van der Waals surface area (Å²) in [4.78, 5) is 26.4. The van der Waals surface area contributed by atoms with Crippen LogP contribution in [-0.2, 0) is 30.2 Å². The summed E-state index contributed by atoms with van der Waals surface area (Å²) in [6.07, 6.45) is -1.17. The molecule has 1 fully saturated rings. The molecule has 1 heterocycles. The second-order valence-electron chi connectivity index (χ2n) is 5.11. The average molecular weight is 321 g/mol. The summed E-state index contributed by atoms with van der Waals surface area (Å²) in [6.45, 7) is 6.25. The molecule has 1 aromatic rings. The molecule has 23 heavy (non-hydrogen) atoms. The van der Waals surface area contributed by atoms with Gasteiger partial charge in [0.15, 0.2) is 12.2 Å². The number of hydrogen-bond acceptors (Lipinski definition) is 5. The van der Waals surface area contributed by atoms with Crippen molar-refractivity contribution in [2.24, 2.45) is 0 Å². The molecule has 1 aliphatic rings. The zero-order valence-electron chi connectivity index (χ0n) is 13.8. The van der Waals surface area contributed by atoms with Gasteiger partial charge in [0, 0.05) is 12.2 Å². The number of ether oxygens (including phenoxy) is 3. The van der Waals surface area contributed by atoms with Crippen LogP contribution in [0, 0.1) is 0 Å². The van der Waals surface area contributed by atoms with Crippen molar-refractivity contribution < 1.29 is 23.8 Å². The van der Waals surface area contributed by atoms with Gasteiger partial charge in [0.25, 0.3) is 5.91 Å². The number of rotatable bonds is 6. The number of para-hydroxylation sites is 1. The predicted octanol–water partition coefficient (Wildman–Crippen LogP) is 1.91. The van der Waals surface area contributed by atoms with E-state index in [1.165, 1.54) is 0 Å². The maximum absolute atomic E-state index is 12.9. The second kappa shape index (κ2) is 8.08. The molecule has 0 spiro atoms. The molecule has 0 aliphatic carbocycles. The zero-order valence-corrected chi connectivity index (χ0v) is 13.8. The number of carbonyl (C=O) groups is 2. The van der Waals surface area contributed by atoms with E-state index in [0.29, 0.717) is 6.54 Å². The number of aryl methyl sites for hydroxylation is 1. The van der Waals surface area contributed by atoms with E-state index in [1.807, 2.05) is 38.1 Å². The molecule has 0 N–H and O–H groups in total. The molecule has 6 heteroatoms. The number of anilines is 1. The molecule has 1 amide bonds. The molecule has 2 atom stereocenters. The van der Waals surface area contributed by atoms with Gasteiger partial charge in [-0.2, -0.15) is 0 Å². The molecular weight excluding hydrogens is 298 g/mol. The van der Waals surface area contributed by atoms with Gasteiger partial charge in [-0.05, 0) is 31.9 Å². The van der Waals surface area contributed by atoms with E-state index in [1.54, 1.807) is 11.8 Å². The molecule has 0 aromatic heterocycles. The van der Waals surface area contributed by atoms with Crippen LogP contribution in [0.2, 0.25) is 0 Å². The molecule has 0 unspecified atom stereocenters. The third-order valence-corrected chi connectivity index (χ3v) is 3.78. The van der Waals surface area contributed by atoms with Crippen LogP contribution in [-0.4, -0.2) is 44.0 Å². The topological polar surface area (TPSA) is 65.1 Å². The van der Waals surface area contributed by atoms with Crippen molar-refractivity contribution in [3.8, 4) is 0 Å². The summed E-state index contributed by atoms with van der Waals surface area (Å²) in [5.74, 6) is -0.855. The molecule has 0 radical (unpaired) electrons. The van der Waals surface area contributed by atoms with E-state index >= 15 is 0 Å². The van der Waals surface area contributed by atoms with Crippen molar-refractivity contribution in [2.75, 3.05) is 24.8 Å². The Morgan fingerprint density at radius 2 is 1.87 bits per heavy atom. The lowest BCUT2D eigenvalue weighted by atomic mass is 10.1. The summed E-state index contributed by atoms with van der Waals surface area (Å²) in [6, 6.07) is 7.71. The molecular formula is C17H23NO5. The van der Waals surface area contributed by atoms with Gasteiger partial charge >= 0.3 is 5.97 Å². The fraction of sp³-hybridized carbons (Fsp3) is 0.529. The summed E-state index contributed by atoms with van der Waals surface area (Å²) in [5, 5.41) is 0. The van der Waals surface area contributed by atoms with E-state index < -0.39 is 18.2 Å². The fourth-order valence-electron chi connectivity index (χ4n) is 2.65. The Bertz CT molecular complexity index is 560. The van der Waals surface area contributed by atoms with Crippen molar-refractivity contribution >= 4 is 17.6 Å². The minimum absolute atomic E-state index is 0.0904. The first kappa shape index (κ1) is 17.4. The lowest BCUT2D eigenvalue weighted by Gasteiger charge is -2.27. The van der Waals surface area contributed by atoms with Crippen molar-refractivity contribution in [2.45, 2.75) is 39.4 Å². The van der Waals surface area contributed by atoms with Gasteiger partial charge in [0.1, 0.15) is 6.79 Å². The Hall–Kier alpha value is -1.92. The van der Waals surface area contributed by atoms with E-state index in [9.17, 15) is 9.59 Å². The van der Waals surface area contributed by atoms with E-state index in [0.717, 1.165) is 17.7 Å². The first-order valence-corrected chi connectivity index (χ1v) is 7.93. The Balaban J connectivity index is 2.24. The van der Waals surface area contributed by atoms with Gasteiger partial charge in [-0.15, -0.1) is 0 Å². The molecule has 0 saturated carbocycles. The maximum Gasteiger partial charge on any atom is 0.338 e. The van der Waals surface area contributed by atoms with E-state index in [-0.39, 0.29) is 19.3 Å². The zero-order chi connectivity index (χ0) is 16.8. The summed E-state index contributed by atoms with van der Waals surface area (Å²) in [7, 11) is 0. The van der Waals surface area contributed by atoms with Crippen molar-refractivity contribution in [3.05, 3.63) is 29.8 Å². The Morgan fingerprint density at radius 1 is 1.17 bits per heavy atom. The quantitative estimate of drug-likeness (QED) is 0.749. The van der Waals surface area contributed by atoms with Crippen molar-refractivity contribution in [3.63, 3.8) is 0 Å². The predicted molar refractivity (Wildman–Crippen MR) is 85.1 cm³/mol. The lowest BCUT2D eigenvalue weighted by molar-refractivity contribution is -0.155. The Kier molecular flexibility index (Phi) is 6.12. The first-order valence-electron chi connectivity index (χ1n) is 7.93.